The number of likely N-dealkylation sites (N-methyl/N-ethyl adjacent to an activating group) is 1. The van der Waals surface area contributed by atoms with E-state index in [-0.39, 0.29) is 17.4 Å². The number of H-pyrrole nitrogens is 1. The number of pyridine rings is 1. The molecule has 3 aromatic carbocycles. The molecule has 0 atom stereocenters. The Hall–Kier alpha value is -4.13. The van der Waals surface area contributed by atoms with Crippen LogP contribution in [-0.2, 0) is 10.2 Å². The molecule has 5 aromatic rings. The van der Waals surface area contributed by atoms with E-state index in [2.05, 4.69) is 20.4 Å². The number of hydrogen-bond acceptors (Lipinski definition) is 5. The molecule has 6 rings (SSSR count). The average molecular weight is 558 g/mol. The monoisotopic (exact) mass is 557 g/mol. The molecule has 9 heteroatoms. The number of terminal acetylenes is 1. The zero-order chi connectivity index (χ0) is 28.3. The van der Waals surface area contributed by atoms with Crippen LogP contribution in [0.25, 0.3) is 44.0 Å². The van der Waals surface area contributed by atoms with E-state index in [1.165, 1.54) is 18.2 Å². The fourth-order valence-corrected chi connectivity index (χ4v) is 6.02. The molecular weight excluding hydrogens is 529 g/mol. The average Bonchev–Trinajstić information content (AvgIpc) is 3.28. The predicted molar refractivity (Wildman–Crippen MR) is 156 cm³/mol. The Morgan fingerprint density at radius 1 is 1.12 bits per heavy atom. The number of fused-ring (bicyclic) bond motifs is 4. The lowest BCUT2D eigenvalue weighted by molar-refractivity contribution is 0.146. The molecule has 0 aliphatic carbocycles. The van der Waals surface area contributed by atoms with Crippen molar-refractivity contribution < 1.29 is 17.0 Å². The second kappa shape index (κ2) is 9.51. The van der Waals surface area contributed by atoms with E-state index in [0.29, 0.717) is 51.0 Å². The van der Waals surface area contributed by atoms with Gasteiger partial charge in [0.25, 0.3) is 0 Å². The third-order valence-electron chi connectivity index (χ3n) is 7.42. The Balaban J connectivity index is 1.72. The van der Waals surface area contributed by atoms with Gasteiger partial charge in [0.15, 0.2) is 5.43 Å². The quantitative estimate of drug-likeness (QED) is 0.221. The van der Waals surface area contributed by atoms with Gasteiger partial charge in [-0.1, -0.05) is 38.0 Å². The molecule has 0 spiro atoms. The largest absolute Gasteiger partial charge is 0.493 e. The third-order valence-corrected chi connectivity index (χ3v) is 8.24. The van der Waals surface area contributed by atoms with Gasteiger partial charge in [0.05, 0.1) is 33.8 Å². The minimum absolute atomic E-state index is 0.0867. The van der Waals surface area contributed by atoms with Gasteiger partial charge < -0.3 is 19.2 Å². The molecule has 2 aromatic heterocycles. The van der Waals surface area contributed by atoms with Crippen LogP contribution in [-0.4, -0.2) is 49.6 Å². The van der Waals surface area contributed by atoms with E-state index >= 15 is 0 Å². The zero-order valence-corrected chi connectivity index (χ0v) is 23.2. The summed E-state index contributed by atoms with van der Waals surface area (Å²) in [5.74, 6) is 3.28. The maximum Gasteiger partial charge on any atom is 0.332 e. The first-order valence-electron chi connectivity index (χ1n) is 13.1. The Morgan fingerprint density at radius 2 is 1.90 bits per heavy atom. The van der Waals surface area contributed by atoms with E-state index < -0.39 is 15.1 Å². The standard InChI is InChI=1S/C31H28FN3O4S/c1-5-19-9-10-23-26(11-19)33-31-29(23)30(36)25-14-28(39-17-18(2)3)24(13-27(25)35(31)21-15-34(4)16-21)20-7-6-8-22(12-20)40(32,37)38/h1,6-14,18,21,33H,15-17H2,2-4H3. The van der Waals surface area contributed by atoms with E-state index in [1.54, 1.807) is 12.1 Å². The number of aromatic amines is 1. The summed E-state index contributed by atoms with van der Waals surface area (Å²) < 4.78 is 45.7. The molecule has 40 heavy (non-hydrogen) atoms. The first-order valence-corrected chi connectivity index (χ1v) is 14.4. The summed E-state index contributed by atoms with van der Waals surface area (Å²) in [5.41, 5.74) is 3.76. The van der Waals surface area contributed by atoms with Crippen LogP contribution in [0.4, 0.5) is 3.89 Å². The molecular formula is C31H28FN3O4S. The number of nitrogens with one attached hydrogen (secondary N) is 1. The van der Waals surface area contributed by atoms with Gasteiger partial charge >= 0.3 is 10.2 Å². The lowest BCUT2D eigenvalue weighted by Gasteiger charge is -2.39. The topological polar surface area (TPSA) is 84.4 Å². The summed E-state index contributed by atoms with van der Waals surface area (Å²) in [6.07, 6.45) is 5.63. The number of likely N-dealkylation sites (tertiary alicyclic amines) is 1. The normalized spacial score (nSPS) is 14.7. The number of ether oxygens (including phenoxy) is 1. The Morgan fingerprint density at radius 3 is 2.58 bits per heavy atom. The molecule has 0 radical (unpaired) electrons. The number of hydrogen-bond donors (Lipinski definition) is 1. The minimum Gasteiger partial charge on any atom is -0.493 e. The van der Waals surface area contributed by atoms with Crippen LogP contribution in [0.1, 0.15) is 25.5 Å². The van der Waals surface area contributed by atoms with Crippen LogP contribution in [0.3, 0.4) is 0 Å². The van der Waals surface area contributed by atoms with Crippen molar-refractivity contribution in [3.05, 3.63) is 70.4 Å². The van der Waals surface area contributed by atoms with Crippen LogP contribution in [0.5, 0.6) is 5.75 Å². The summed E-state index contributed by atoms with van der Waals surface area (Å²) in [5, 5.41) is 1.85. The number of aromatic nitrogens is 2. The Kier molecular flexibility index (Phi) is 6.21. The maximum absolute atomic E-state index is 14.1. The van der Waals surface area contributed by atoms with E-state index in [1.807, 2.05) is 45.2 Å². The lowest BCUT2D eigenvalue weighted by atomic mass is 9.99. The SMILES string of the molecule is C#Cc1ccc2c(c1)[nH]c1c2c(=O)c2cc(OCC(C)C)c(-c3cccc(S(=O)(=O)F)c3)cc2n1C1CN(C)C1. The molecule has 0 bridgehead atoms. The fourth-order valence-electron chi connectivity index (χ4n) is 5.51. The smallest absolute Gasteiger partial charge is 0.332 e. The highest BCUT2D eigenvalue weighted by atomic mass is 32.3. The number of benzene rings is 3. The van der Waals surface area contributed by atoms with Crippen molar-refractivity contribution in [1.82, 2.24) is 14.5 Å². The van der Waals surface area contributed by atoms with Crippen molar-refractivity contribution in [3.8, 4) is 29.2 Å². The Bertz CT molecular complexity index is 2030. The lowest BCUT2D eigenvalue weighted by Crippen LogP contribution is -2.45. The summed E-state index contributed by atoms with van der Waals surface area (Å²) in [6.45, 7) is 5.97. The van der Waals surface area contributed by atoms with Gasteiger partial charge in [-0.15, -0.1) is 10.3 Å². The number of rotatable bonds is 6. The maximum atomic E-state index is 14.1. The van der Waals surface area contributed by atoms with Gasteiger partial charge in [-0.25, -0.2) is 0 Å². The predicted octanol–water partition coefficient (Wildman–Crippen LogP) is 5.46. The van der Waals surface area contributed by atoms with Gasteiger partial charge in [0.1, 0.15) is 11.4 Å². The van der Waals surface area contributed by atoms with Gasteiger partial charge in [0, 0.05) is 35.1 Å². The van der Waals surface area contributed by atoms with E-state index in [4.69, 9.17) is 11.2 Å². The van der Waals surface area contributed by atoms with Gasteiger partial charge in [-0.05, 0) is 54.9 Å². The van der Waals surface area contributed by atoms with Crippen molar-refractivity contribution in [2.24, 2.45) is 5.92 Å². The second-order valence-corrected chi connectivity index (χ2v) is 12.2. The summed E-state index contributed by atoms with van der Waals surface area (Å²) in [6, 6.07) is 15.0. The molecule has 1 N–H and O–H groups in total. The zero-order valence-electron chi connectivity index (χ0n) is 22.4. The Labute approximate surface area is 231 Å². The third kappa shape index (κ3) is 4.34. The molecule has 1 aliphatic rings. The van der Waals surface area contributed by atoms with Gasteiger partial charge in [-0.3, -0.25) is 4.79 Å². The number of nitrogens with zero attached hydrogens (tertiary/aromatic N) is 2. The second-order valence-electron chi connectivity index (χ2n) is 10.9. The molecule has 0 unspecified atom stereocenters. The first kappa shape index (κ1) is 26.1. The van der Waals surface area contributed by atoms with Crippen LogP contribution < -0.4 is 10.2 Å². The van der Waals surface area contributed by atoms with Crippen molar-refractivity contribution in [2.45, 2.75) is 24.8 Å². The summed E-state index contributed by atoms with van der Waals surface area (Å²) in [4.78, 5) is 19.3. The molecule has 0 amide bonds. The highest BCUT2D eigenvalue weighted by Crippen LogP contribution is 2.39. The molecule has 1 saturated heterocycles. The van der Waals surface area contributed by atoms with Gasteiger partial charge in [-0.2, -0.15) is 8.42 Å². The molecule has 0 saturated carbocycles. The van der Waals surface area contributed by atoms with E-state index in [0.717, 1.165) is 24.0 Å². The first-order chi connectivity index (χ1) is 19.0. The van der Waals surface area contributed by atoms with Crippen LogP contribution in [0.2, 0.25) is 0 Å². The minimum atomic E-state index is -4.91. The molecule has 7 nitrogen and oxygen atoms in total. The van der Waals surface area contributed by atoms with E-state index in [9.17, 15) is 17.1 Å². The van der Waals surface area contributed by atoms with Crippen molar-refractivity contribution >= 4 is 43.1 Å². The molecule has 204 valence electrons. The van der Waals surface area contributed by atoms with Crippen molar-refractivity contribution in [3.63, 3.8) is 0 Å². The van der Waals surface area contributed by atoms with Crippen LogP contribution in [0.15, 0.2) is 64.3 Å². The van der Waals surface area contributed by atoms with Crippen LogP contribution >= 0.6 is 0 Å². The summed E-state index contributed by atoms with van der Waals surface area (Å²) in [7, 11) is -2.88. The number of halogens is 1. The summed E-state index contributed by atoms with van der Waals surface area (Å²) >= 11 is 0. The highest BCUT2D eigenvalue weighted by molar-refractivity contribution is 7.86. The molecule has 3 heterocycles. The van der Waals surface area contributed by atoms with Crippen LogP contribution in [0, 0.1) is 18.3 Å². The molecule has 1 fully saturated rings. The fraction of sp³-hybridized carbons (Fsp3) is 0.258. The van der Waals surface area contributed by atoms with Crippen molar-refractivity contribution in [1.29, 1.82) is 0 Å². The highest BCUT2D eigenvalue weighted by Gasteiger charge is 2.30. The molecule has 1 aliphatic heterocycles. The van der Waals surface area contributed by atoms with Gasteiger partial charge in [0.2, 0.25) is 0 Å². The van der Waals surface area contributed by atoms with Crippen molar-refractivity contribution in [2.75, 3.05) is 26.7 Å².